The lowest BCUT2D eigenvalue weighted by molar-refractivity contribution is 0.0208. The fourth-order valence-electron chi connectivity index (χ4n) is 5.98. The summed E-state index contributed by atoms with van der Waals surface area (Å²) < 4.78 is 11.2. The van der Waals surface area contributed by atoms with Gasteiger partial charge in [0, 0.05) is 24.2 Å². The molecule has 10 nitrogen and oxygen atoms in total. The van der Waals surface area contributed by atoms with Gasteiger partial charge in [-0.05, 0) is 103 Å². The molecule has 2 unspecified atom stereocenters. The van der Waals surface area contributed by atoms with Crippen LogP contribution >= 0.6 is 0 Å². The van der Waals surface area contributed by atoms with Crippen molar-refractivity contribution in [3.05, 3.63) is 71.4 Å². The van der Waals surface area contributed by atoms with Gasteiger partial charge >= 0.3 is 12.2 Å². The largest absolute Gasteiger partial charge is 0.444 e. The molecule has 2 amide bonds. The first-order valence-corrected chi connectivity index (χ1v) is 16.0. The maximum atomic E-state index is 12.8. The smallest absolute Gasteiger partial charge is 0.410 e. The third-order valence-corrected chi connectivity index (χ3v) is 8.04. The van der Waals surface area contributed by atoms with E-state index in [0.29, 0.717) is 13.1 Å². The summed E-state index contributed by atoms with van der Waals surface area (Å²) in [5, 5.41) is 0. The number of aromatic nitrogens is 4. The number of nitrogens with zero attached hydrogens (tertiary/aromatic N) is 4. The van der Waals surface area contributed by atoms with Crippen LogP contribution in [0.25, 0.3) is 22.3 Å². The van der Waals surface area contributed by atoms with Crippen molar-refractivity contribution in [2.75, 3.05) is 13.1 Å². The van der Waals surface area contributed by atoms with Gasteiger partial charge in [0.15, 0.2) is 0 Å². The molecule has 4 aromatic rings. The standard InChI is InChI=1S/C36H42N6O4/c1-35(2,3)45-33(43)41-19-7-9-29(41)31-37-22-28(40-31)25-16-13-23(14-17-25)11-12-24-15-18-26-27(21-24)39-32(38-26)30-10-8-20-42(30)34(44)46-36(4,5)6/h13-18,21-22,29-30H,7-10,19-20H2,1-6H3,(H,37,40)(H,38,39). The lowest BCUT2D eigenvalue weighted by atomic mass is 10.1. The highest BCUT2D eigenvalue weighted by atomic mass is 16.6. The third-order valence-electron chi connectivity index (χ3n) is 8.04. The molecule has 10 heteroatoms. The molecule has 2 aromatic carbocycles. The molecule has 2 aliphatic heterocycles. The van der Waals surface area contributed by atoms with Crippen molar-refractivity contribution in [3.8, 4) is 23.1 Å². The molecular weight excluding hydrogens is 580 g/mol. The van der Waals surface area contributed by atoms with E-state index in [9.17, 15) is 9.59 Å². The number of nitrogens with one attached hydrogen (secondary N) is 2. The molecule has 0 radical (unpaired) electrons. The lowest BCUT2D eigenvalue weighted by Gasteiger charge is -2.27. The minimum atomic E-state index is -0.545. The summed E-state index contributed by atoms with van der Waals surface area (Å²) in [6.45, 7) is 12.6. The van der Waals surface area contributed by atoms with E-state index in [1.165, 1.54) is 0 Å². The molecule has 6 rings (SSSR count). The van der Waals surface area contributed by atoms with E-state index < -0.39 is 11.2 Å². The number of hydrogen-bond acceptors (Lipinski definition) is 6. The van der Waals surface area contributed by atoms with E-state index in [-0.39, 0.29) is 24.3 Å². The molecule has 2 fully saturated rings. The quantitative estimate of drug-likeness (QED) is 0.229. The predicted octanol–water partition coefficient (Wildman–Crippen LogP) is 7.50. The van der Waals surface area contributed by atoms with Crippen molar-refractivity contribution in [2.45, 2.75) is 90.5 Å². The van der Waals surface area contributed by atoms with Gasteiger partial charge in [0.25, 0.3) is 0 Å². The van der Waals surface area contributed by atoms with Crippen LogP contribution in [0.3, 0.4) is 0 Å². The van der Waals surface area contributed by atoms with Crippen LogP contribution in [-0.2, 0) is 9.47 Å². The van der Waals surface area contributed by atoms with Crippen LogP contribution in [-0.4, -0.2) is 66.2 Å². The Morgan fingerprint density at radius 3 is 1.96 bits per heavy atom. The molecule has 0 bridgehead atoms. The number of rotatable bonds is 3. The summed E-state index contributed by atoms with van der Waals surface area (Å²) in [5.74, 6) is 8.06. The van der Waals surface area contributed by atoms with Crippen molar-refractivity contribution in [2.24, 2.45) is 0 Å². The van der Waals surface area contributed by atoms with Gasteiger partial charge in [0.1, 0.15) is 22.9 Å². The van der Waals surface area contributed by atoms with Gasteiger partial charge in [0.2, 0.25) is 0 Å². The van der Waals surface area contributed by atoms with E-state index in [4.69, 9.17) is 14.5 Å². The van der Waals surface area contributed by atoms with E-state index in [2.05, 4.69) is 26.8 Å². The van der Waals surface area contributed by atoms with Gasteiger partial charge in [-0.2, -0.15) is 0 Å². The molecule has 240 valence electrons. The number of aromatic amines is 2. The predicted molar refractivity (Wildman–Crippen MR) is 176 cm³/mol. The third kappa shape index (κ3) is 7.04. The highest BCUT2D eigenvalue weighted by molar-refractivity contribution is 5.77. The van der Waals surface area contributed by atoms with E-state index in [1.54, 1.807) is 9.80 Å². The number of carbonyl (C=O) groups is 2. The Morgan fingerprint density at radius 1 is 0.783 bits per heavy atom. The average molecular weight is 623 g/mol. The molecule has 4 heterocycles. The summed E-state index contributed by atoms with van der Waals surface area (Å²) >= 11 is 0. The number of ether oxygens (including phenoxy) is 2. The first-order chi connectivity index (χ1) is 21.8. The number of likely N-dealkylation sites (tertiary alicyclic amines) is 2. The number of hydrogen-bond donors (Lipinski definition) is 2. The lowest BCUT2D eigenvalue weighted by Crippen LogP contribution is -2.36. The Kier molecular flexibility index (Phi) is 8.28. The van der Waals surface area contributed by atoms with Crippen LogP contribution in [0, 0.1) is 11.8 Å². The normalized spacial score (nSPS) is 18.5. The zero-order valence-electron chi connectivity index (χ0n) is 27.4. The van der Waals surface area contributed by atoms with Gasteiger partial charge in [-0.1, -0.05) is 24.0 Å². The second-order valence-corrected chi connectivity index (χ2v) is 14.0. The molecule has 46 heavy (non-hydrogen) atoms. The van der Waals surface area contributed by atoms with Crippen molar-refractivity contribution in [1.29, 1.82) is 0 Å². The minimum absolute atomic E-state index is 0.126. The molecule has 2 saturated heterocycles. The van der Waals surface area contributed by atoms with Gasteiger partial charge in [-0.3, -0.25) is 9.80 Å². The zero-order chi connectivity index (χ0) is 32.6. The van der Waals surface area contributed by atoms with Crippen LogP contribution in [0.2, 0.25) is 0 Å². The number of imidazole rings is 2. The van der Waals surface area contributed by atoms with Crippen LogP contribution in [0.5, 0.6) is 0 Å². The van der Waals surface area contributed by atoms with Crippen molar-refractivity contribution in [1.82, 2.24) is 29.7 Å². The van der Waals surface area contributed by atoms with Crippen molar-refractivity contribution >= 4 is 23.2 Å². The topological polar surface area (TPSA) is 116 Å². The number of benzene rings is 2. The molecule has 0 saturated carbocycles. The van der Waals surface area contributed by atoms with Gasteiger partial charge in [-0.15, -0.1) is 0 Å². The van der Waals surface area contributed by atoms with Gasteiger partial charge < -0.3 is 19.4 Å². The highest BCUT2D eigenvalue weighted by Crippen LogP contribution is 2.34. The summed E-state index contributed by atoms with van der Waals surface area (Å²) in [6, 6.07) is 13.7. The second kappa shape index (κ2) is 12.2. The second-order valence-electron chi connectivity index (χ2n) is 14.0. The van der Waals surface area contributed by atoms with Crippen LogP contribution in [0.1, 0.15) is 102 Å². The summed E-state index contributed by atoms with van der Waals surface area (Å²) in [4.78, 5) is 45.3. The summed E-state index contributed by atoms with van der Waals surface area (Å²) in [7, 11) is 0. The molecule has 2 aliphatic rings. The first-order valence-electron chi connectivity index (χ1n) is 16.0. The molecule has 0 aliphatic carbocycles. The first kappa shape index (κ1) is 31.2. The van der Waals surface area contributed by atoms with Crippen molar-refractivity contribution in [3.63, 3.8) is 0 Å². The molecule has 2 aromatic heterocycles. The van der Waals surface area contributed by atoms with Crippen LogP contribution in [0.4, 0.5) is 9.59 Å². The maximum Gasteiger partial charge on any atom is 0.410 e. The van der Waals surface area contributed by atoms with Gasteiger partial charge in [-0.25, -0.2) is 19.6 Å². The number of carbonyl (C=O) groups excluding carboxylic acids is 2. The highest BCUT2D eigenvalue weighted by Gasteiger charge is 2.36. The zero-order valence-corrected chi connectivity index (χ0v) is 27.4. The van der Waals surface area contributed by atoms with Crippen molar-refractivity contribution < 1.29 is 19.1 Å². The minimum Gasteiger partial charge on any atom is -0.444 e. The SMILES string of the molecule is CC(C)(C)OC(=O)N1CCCC1c1ncc(-c2ccc(C#Cc3ccc4nc(C5CCCN5C(=O)OC(C)(C)C)[nH]c4c3)cc2)[nH]1. The Labute approximate surface area is 269 Å². The van der Waals surface area contributed by atoms with E-state index in [0.717, 1.165) is 70.7 Å². The Bertz CT molecular complexity index is 1800. The van der Waals surface area contributed by atoms with E-state index in [1.807, 2.05) is 90.2 Å². The maximum absolute atomic E-state index is 12.8. The summed E-state index contributed by atoms with van der Waals surface area (Å²) in [6.07, 6.45) is 4.71. The number of H-pyrrole nitrogens is 2. The Hall–Kier alpha value is -4.78. The molecule has 2 atom stereocenters. The average Bonchev–Trinajstić information content (AvgIpc) is 3.79. The summed E-state index contributed by atoms with van der Waals surface area (Å²) in [5.41, 5.74) is 4.27. The van der Waals surface area contributed by atoms with Crippen LogP contribution < -0.4 is 0 Å². The Balaban J connectivity index is 1.12. The molecular formula is C36H42N6O4. The number of fused-ring (bicyclic) bond motifs is 1. The fourth-order valence-corrected chi connectivity index (χ4v) is 5.98. The van der Waals surface area contributed by atoms with Gasteiger partial charge in [0.05, 0.1) is 35.0 Å². The molecule has 2 N–H and O–H groups in total. The van der Waals surface area contributed by atoms with E-state index >= 15 is 0 Å². The molecule has 0 spiro atoms. The fraction of sp³-hybridized carbons (Fsp3) is 0.444. The number of amides is 2. The monoisotopic (exact) mass is 622 g/mol. The van der Waals surface area contributed by atoms with Crippen LogP contribution in [0.15, 0.2) is 48.7 Å². The Morgan fingerprint density at radius 2 is 1.35 bits per heavy atom.